The Morgan fingerprint density at radius 1 is 1.69 bits per heavy atom. The summed E-state index contributed by atoms with van der Waals surface area (Å²) in [5.74, 6) is -0.424. The molecule has 0 radical (unpaired) electrons. The molecule has 0 aliphatic heterocycles. The van der Waals surface area contributed by atoms with Gasteiger partial charge in [-0.1, -0.05) is 0 Å². The number of hydrogen-bond acceptors (Lipinski definition) is 3. The summed E-state index contributed by atoms with van der Waals surface area (Å²) >= 11 is 0. The van der Waals surface area contributed by atoms with Gasteiger partial charge in [0.25, 0.3) is 0 Å². The number of aromatic nitrogens is 1. The van der Waals surface area contributed by atoms with Crippen LogP contribution in [0.15, 0.2) is 18.3 Å². The number of nitrogens with zero attached hydrogens (tertiary/aromatic N) is 1. The third kappa shape index (κ3) is 3.48. The Morgan fingerprint density at radius 3 is 3.00 bits per heavy atom. The molecule has 0 aliphatic carbocycles. The van der Waals surface area contributed by atoms with E-state index in [1.165, 1.54) is 12.1 Å². The van der Waals surface area contributed by atoms with Crippen LogP contribution in [0.2, 0.25) is 0 Å². The minimum atomic E-state index is -0.790. The molecular formula is C7H8FN3O2. The van der Waals surface area contributed by atoms with Gasteiger partial charge in [-0.15, -0.1) is 0 Å². The molecule has 1 heterocycles. The van der Waals surface area contributed by atoms with E-state index in [0.717, 1.165) is 6.20 Å². The zero-order chi connectivity index (χ0) is 9.68. The number of carbonyl (C=O) groups is 1. The number of nitrogens with one attached hydrogen (secondary N) is 1. The van der Waals surface area contributed by atoms with Crippen molar-refractivity contribution in [2.24, 2.45) is 5.73 Å². The van der Waals surface area contributed by atoms with E-state index in [4.69, 9.17) is 5.73 Å². The number of primary amides is 1. The molecule has 1 rings (SSSR count). The first-order chi connectivity index (χ1) is 6.18. The fourth-order valence-corrected chi connectivity index (χ4v) is 0.673. The minimum Gasteiger partial charge on any atom is -0.350 e. The highest BCUT2D eigenvalue weighted by atomic mass is 19.1. The highest BCUT2D eigenvalue weighted by molar-refractivity contribution is 5.70. The molecule has 1 aromatic heterocycles. The molecule has 70 valence electrons. The van der Waals surface area contributed by atoms with Gasteiger partial charge in [-0.05, 0) is 12.1 Å². The van der Waals surface area contributed by atoms with Crippen molar-refractivity contribution in [3.8, 4) is 0 Å². The van der Waals surface area contributed by atoms with E-state index in [1.54, 1.807) is 0 Å². The molecule has 2 amide bonds. The number of amides is 2. The number of hydrogen-bond donors (Lipinski definition) is 2. The molecule has 5 nitrogen and oxygen atoms in total. The van der Waals surface area contributed by atoms with E-state index in [0.29, 0.717) is 5.69 Å². The topological polar surface area (TPSA) is 77.2 Å². The van der Waals surface area contributed by atoms with Gasteiger partial charge < -0.3 is 5.73 Å². The van der Waals surface area contributed by atoms with Crippen molar-refractivity contribution >= 4 is 6.03 Å². The number of pyridine rings is 1. The zero-order valence-electron chi connectivity index (χ0n) is 6.66. The molecule has 0 fully saturated rings. The first-order valence-corrected chi connectivity index (χ1v) is 3.46. The third-order valence-electron chi connectivity index (χ3n) is 1.18. The molecule has 0 aliphatic rings. The van der Waals surface area contributed by atoms with Gasteiger partial charge in [-0.25, -0.2) is 14.7 Å². The number of nitrogens with two attached hydrogens (primary N) is 1. The molecule has 0 saturated carbocycles. The SMILES string of the molecule is NC(=O)NOCc1ccc(F)cn1. The van der Waals surface area contributed by atoms with Crippen molar-refractivity contribution in [3.05, 3.63) is 29.8 Å². The number of carbonyl (C=O) groups excluding carboxylic acids is 1. The first kappa shape index (κ1) is 9.40. The van der Waals surface area contributed by atoms with Crippen molar-refractivity contribution in [3.63, 3.8) is 0 Å². The van der Waals surface area contributed by atoms with Crippen LogP contribution in [-0.2, 0) is 11.4 Å². The van der Waals surface area contributed by atoms with E-state index in [1.807, 2.05) is 5.48 Å². The maximum Gasteiger partial charge on any atom is 0.336 e. The molecule has 3 N–H and O–H groups in total. The van der Waals surface area contributed by atoms with Gasteiger partial charge in [0.15, 0.2) is 0 Å². The third-order valence-corrected chi connectivity index (χ3v) is 1.18. The Bertz CT molecular complexity index is 288. The fraction of sp³-hybridized carbons (Fsp3) is 0.143. The van der Waals surface area contributed by atoms with Gasteiger partial charge >= 0.3 is 6.03 Å². The molecule has 0 atom stereocenters. The molecule has 1 aromatic rings. The molecule has 0 saturated heterocycles. The lowest BCUT2D eigenvalue weighted by atomic mass is 10.4. The van der Waals surface area contributed by atoms with Crippen LogP contribution in [0.5, 0.6) is 0 Å². The summed E-state index contributed by atoms with van der Waals surface area (Å²) < 4.78 is 12.3. The number of hydroxylamine groups is 1. The van der Waals surface area contributed by atoms with Crippen molar-refractivity contribution < 1.29 is 14.0 Å². The lowest BCUT2D eigenvalue weighted by molar-refractivity contribution is 0.0501. The van der Waals surface area contributed by atoms with Gasteiger partial charge in [-0.3, -0.25) is 9.82 Å². The average molecular weight is 185 g/mol. The summed E-state index contributed by atoms with van der Waals surface area (Å²) in [4.78, 5) is 18.4. The summed E-state index contributed by atoms with van der Waals surface area (Å²) in [5, 5.41) is 0. The minimum absolute atomic E-state index is 0.0449. The summed E-state index contributed by atoms with van der Waals surface area (Å²) in [5.41, 5.74) is 7.13. The van der Waals surface area contributed by atoms with Crippen LogP contribution in [0.3, 0.4) is 0 Å². The van der Waals surface area contributed by atoms with Gasteiger partial charge in [0.2, 0.25) is 0 Å². The van der Waals surface area contributed by atoms with Crippen molar-refractivity contribution in [1.82, 2.24) is 10.5 Å². The normalized spacial score (nSPS) is 9.62. The summed E-state index contributed by atoms with van der Waals surface area (Å²) in [7, 11) is 0. The summed E-state index contributed by atoms with van der Waals surface area (Å²) in [6.07, 6.45) is 1.06. The van der Waals surface area contributed by atoms with E-state index in [2.05, 4.69) is 9.82 Å². The molecule has 0 aromatic carbocycles. The Balaban J connectivity index is 2.37. The standard InChI is InChI=1S/C7H8FN3O2/c8-5-1-2-6(10-3-5)4-13-11-7(9)12/h1-3H,4H2,(H3,9,11,12). The van der Waals surface area contributed by atoms with Crippen LogP contribution in [0.1, 0.15) is 5.69 Å². The average Bonchev–Trinajstić information content (AvgIpc) is 2.08. The van der Waals surface area contributed by atoms with E-state index in [-0.39, 0.29) is 6.61 Å². The van der Waals surface area contributed by atoms with Gasteiger partial charge in [0.1, 0.15) is 12.4 Å². The predicted molar refractivity (Wildman–Crippen MR) is 41.7 cm³/mol. The number of urea groups is 1. The maximum absolute atomic E-state index is 12.3. The smallest absolute Gasteiger partial charge is 0.336 e. The summed E-state index contributed by atoms with van der Waals surface area (Å²) in [6, 6.07) is 1.90. The van der Waals surface area contributed by atoms with Crippen LogP contribution in [0.25, 0.3) is 0 Å². The maximum atomic E-state index is 12.3. The molecule has 0 spiro atoms. The second kappa shape index (κ2) is 4.36. The van der Waals surface area contributed by atoms with Crippen molar-refractivity contribution in [2.45, 2.75) is 6.61 Å². The molecule has 6 heteroatoms. The quantitative estimate of drug-likeness (QED) is 0.666. The molecular weight excluding hydrogens is 177 g/mol. The predicted octanol–water partition coefficient (Wildman–Crippen LogP) is 0.321. The van der Waals surface area contributed by atoms with Gasteiger partial charge in [0.05, 0.1) is 11.9 Å². The Morgan fingerprint density at radius 2 is 2.46 bits per heavy atom. The largest absolute Gasteiger partial charge is 0.350 e. The van der Waals surface area contributed by atoms with Crippen LogP contribution < -0.4 is 11.2 Å². The summed E-state index contributed by atoms with van der Waals surface area (Å²) in [6.45, 7) is 0.0449. The number of halogens is 1. The molecule has 0 bridgehead atoms. The Hall–Kier alpha value is -1.69. The molecule has 0 unspecified atom stereocenters. The first-order valence-electron chi connectivity index (χ1n) is 3.46. The zero-order valence-corrected chi connectivity index (χ0v) is 6.66. The fourth-order valence-electron chi connectivity index (χ4n) is 0.673. The Labute approximate surface area is 73.7 Å². The lowest BCUT2D eigenvalue weighted by Gasteiger charge is -2.01. The van der Waals surface area contributed by atoms with Gasteiger partial charge in [0, 0.05) is 0 Å². The van der Waals surface area contributed by atoms with E-state index in [9.17, 15) is 9.18 Å². The Kier molecular flexibility index (Phi) is 3.15. The van der Waals surface area contributed by atoms with Crippen LogP contribution >= 0.6 is 0 Å². The monoisotopic (exact) mass is 185 g/mol. The lowest BCUT2D eigenvalue weighted by Crippen LogP contribution is -2.29. The molecule has 13 heavy (non-hydrogen) atoms. The van der Waals surface area contributed by atoms with Crippen molar-refractivity contribution in [2.75, 3.05) is 0 Å². The highest BCUT2D eigenvalue weighted by Gasteiger charge is 1.96. The van der Waals surface area contributed by atoms with Crippen LogP contribution in [0, 0.1) is 5.82 Å². The van der Waals surface area contributed by atoms with E-state index < -0.39 is 11.8 Å². The second-order valence-corrected chi connectivity index (χ2v) is 2.22. The number of rotatable bonds is 3. The van der Waals surface area contributed by atoms with Gasteiger partial charge in [-0.2, -0.15) is 0 Å². The highest BCUT2D eigenvalue weighted by Crippen LogP contribution is 1.98. The van der Waals surface area contributed by atoms with Crippen LogP contribution in [-0.4, -0.2) is 11.0 Å². The van der Waals surface area contributed by atoms with Crippen molar-refractivity contribution in [1.29, 1.82) is 0 Å². The second-order valence-electron chi connectivity index (χ2n) is 2.22. The van der Waals surface area contributed by atoms with Crippen LogP contribution in [0.4, 0.5) is 9.18 Å². The van der Waals surface area contributed by atoms with E-state index >= 15 is 0 Å².